The molecular weight excluding hydrogens is 442 g/mol. The summed E-state index contributed by atoms with van der Waals surface area (Å²) in [5, 5.41) is 10.3. The first kappa shape index (κ1) is 23.2. The Hall–Kier alpha value is -2.49. The number of nitrogens with one attached hydrogen (secondary N) is 1. The van der Waals surface area contributed by atoms with Gasteiger partial charge in [0.05, 0.1) is 17.0 Å². The Morgan fingerprint density at radius 3 is 2.42 bits per heavy atom. The summed E-state index contributed by atoms with van der Waals surface area (Å²) < 4.78 is 31.7. The maximum atomic E-state index is 11.8. The van der Waals surface area contributed by atoms with Crippen LogP contribution in [0.3, 0.4) is 0 Å². The number of carbonyl (C=O) groups is 1. The van der Waals surface area contributed by atoms with E-state index in [0.29, 0.717) is 30.4 Å². The second-order valence-electron chi connectivity index (χ2n) is 7.17. The van der Waals surface area contributed by atoms with Crippen LogP contribution in [0.15, 0.2) is 42.5 Å². The van der Waals surface area contributed by atoms with E-state index in [0.717, 1.165) is 25.4 Å². The van der Waals surface area contributed by atoms with Crippen molar-refractivity contribution in [1.82, 2.24) is 4.90 Å². The van der Waals surface area contributed by atoms with Crippen LogP contribution in [0.25, 0.3) is 0 Å². The third-order valence-electron chi connectivity index (χ3n) is 5.08. The third-order valence-corrected chi connectivity index (χ3v) is 6.64. The molecule has 0 bridgehead atoms. The van der Waals surface area contributed by atoms with Crippen LogP contribution in [-0.4, -0.2) is 69.5 Å². The maximum absolute atomic E-state index is 11.8. The molecule has 8 nitrogen and oxygen atoms in total. The molecule has 2 aromatic carbocycles. The molecule has 1 aliphatic rings. The number of anilines is 2. The van der Waals surface area contributed by atoms with E-state index < -0.39 is 16.0 Å². The predicted octanol–water partition coefficient (Wildman–Crippen LogP) is 3.00. The Kier molecular flexibility index (Phi) is 7.64. The number of benzene rings is 2. The van der Waals surface area contributed by atoms with Crippen LogP contribution in [0.4, 0.5) is 11.4 Å². The average molecular weight is 468 g/mol. The van der Waals surface area contributed by atoms with Crippen molar-refractivity contribution in [2.24, 2.45) is 0 Å². The molecule has 0 saturated carbocycles. The summed E-state index contributed by atoms with van der Waals surface area (Å²) in [6.45, 7) is 5.71. The van der Waals surface area contributed by atoms with E-state index in [4.69, 9.17) is 16.3 Å². The fourth-order valence-electron chi connectivity index (χ4n) is 3.33. The molecule has 0 radical (unpaired) electrons. The number of piperazine rings is 1. The Balaban J connectivity index is 1.56. The standard InChI is InChI=1S/C21H26ClN3O5S/c1-2-31(28,29)23-17-5-8-20(19(15-17)21(26)27)25-11-9-24(10-12-25)13-14-30-18-6-3-16(22)4-7-18/h3-8,15,23H,2,9-14H2,1H3,(H,26,27). The zero-order valence-corrected chi connectivity index (χ0v) is 18.8. The summed E-state index contributed by atoms with van der Waals surface area (Å²) in [6, 6.07) is 11.9. The fraction of sp³-hybridized carbons (Fsp3) is 0.381. The molecule has 168 valence electrons. The second kappa shape index (κ2) is 10.2. The van der Waals surface area contributed by atoms with Crippen LogP contribution in [0, 0.1) is 0 Å². The highest BCUT2D eigenvalue weighted by Crippen LogP contribution is 2.26. The minimum atomic E-state index is -3.47. The monoisotopic (exact) mass is 467 g/mol. The Morgan fingerprint density at radius 1 is 1.13 bits per heavy atom. The lowest BCUT2D eigenvalue weighted by Crippen LogP contribution is -2.47. The first-order valence-corrected chi connectivity index (χ1v) is 12.0. The number of hydrogen-bond acceptors (Lipinski definition) is 6. The van der Waals surface area contributed by atoms with Crippen LogP contribution in [0.5, 0.6) is 5.75 Å². The van der Waals surface area contributed by atoms with Crippen LogP contribution in [0.2, 0.25) is 5.02 Å². The first-order valence-electron chi connectivity index (χ1n) is 10.0. The summed E-state index contributed by atoms with van der Waals surface area (Å²) in [5.41, 5.74) is 0.917. The predicted molar refractivity (Wildman–Crippen MR) is 122 cm³/mol. The van der Waals surface area contributed by atoms with Crippen molar-refractivity contribution in [1.29, 1.82) is 0 Å². The molecule has 31 heavy (non-hydrogen) atoms. The Morgan fingerprint density at radius 2 is 1.81 bits per heavy atom. The van der Waals surface area contributed by atoms with Crippen LogP contribution < -0.4 is 14.4 Å². The summed E-state index contributed by atoms with van der Waals surface area (Å²) >= 11 is 5.87. The molecular formula is C21H26ClN3O5S. The van der Waals surface area contributed by atoms with Gasteiger partial charge in [0.2, 0.25) is 10.0 Å². The lowest BCUT2D eigenvalue weighted by Gasteiger charge is -2.36. The molecule has 10 heteroatoms. The number of rotatable bonds is 9. The molecule has 1 aliphatic heterocycles. The van der Waals surface area contributed by atoms with Gasteiger partial charge in [-0.25, -0.2) is 13.2 Å². The van der Waals surface area contributed by atoms with Crippen molar-refractivity contribution in [3.8, 4) is 5.75 Å². The molecule has 3 rings (SSSR count). The molecule has 1 heterocycles. The van der Waals surface area contributed by atoms with Crippen molar-refractivity contribution in [3.63, 3.8) is 0 Å². The maximum Gasteiger partial charge on any atom is 0.337 e. The molecule has 2 aromatic rings. The summed E-state index contributed by atoms with van der Waals surface area (Å²) in [4.78, 5) is 16.0. The molecule has 1 saturated heterocycles. The van der Waals surface area contributed by atoms with E-state index in [1.54, 1.807) is 24.3 Å². The van der Waals surface area contributed by atoms with E-state index in [9.17, 15) is 18.3 Å². The SMILES string of the molecule is CCS(=O)(=O)Nc1ccc(N2CCN(CCOc3ccc(Cl)cc3)CC2)c(C(=O)O)c1. The van der Waals surface area contributed by atoms with E-state index in [1.165, 1.54) is 13.0 Å². The number of ether oxygens (including phenoxy) is 1. The topological polar surface area (TPSA) is 99.2 Å². The average Bonchev–Trinajstić information content (AvgIpc) is 2.75. The molecule has 1 fully saturated rings. The Bertz CT molecular complexity index is 1010. The van der Waals surface area contributed by atoms with Gasteiger partial charge in [0, 0.05) is 43.4 Å². The normalized spacial score (nSPS) is 15.0. The number of nitrogens with zero attached hydrogens (tertiary/aromatic N) is 2. The van der Waals surface area contributed by atoms with E-state index in [-0.39, 0.29) is 17.0 Å². The highest BCUT2D eigenvalue weighted by Gasteiger charge is 2.22. The quantitative estimate of drug-likeness (QED) is 0.584. The largest absolute Gasteiger partial charge is 0.492 e. The van der Waals surface area contributed by atoms with E-state index >= 15 is 0 Å². The van der Waals surface area contributed by atoms with Gasteiger partial charge in [-0.1, -0.05) is 11.6 Å². The van der Waals surface area contributed by atoms with Gasteiger partial charge in [0.1, 0.15) is 12.4 Å². The highest BCUT2D eigenvalue weighted by atomic mass is 35.5. The number of sulfonamides is 1. The second-order valence-corrected chi connectivity index (χ2v) is 9.62. The molecule has 0 aromatic heterocycles. The molecule has 0 spiro atoms. The number of hydrogen-bond donors (Lipinski definition) is 2. The zero-order valence-electron chi connectivity index (χ0n) is 17.3. The molecule has 0 amide bonds. The lowest BCUT2D eigenvalue weighted by molar-refractivity contribution is 0.0697. The van der Waals surface area contributed by atoms with E-state index in [1.807, 2.05) is 17.0 Å². The first-order chi connectivity index (χ1) is 14.8. The highest BCUT2D eigenvalue weighted by molar-refractivity contribution is 7.92. The summed E-state index contributed by atoms with van der Waals surface area (Å²) in [5.74, 6) is -0.403. The van der Waals surface area contributed by atoms with Gasteiger partial charge < -0.3 is 14.7 Å². The summed E-state index contributed by atoms with van der Waals surface area (Å²) in [7, 11) is -3.47. The minimum absolute atomic E-state index is 0.0795. The van der Waals surface area contributed by atoms with Gasteiger partial charge in [0.25, 0.3) is 0 Å². The van der Waals surface area contributed by atoms with Gasteiger partial charge in [-0.05, 0) is 49.4 Å². The number of carboxylic acid groups (broad SMARTS) is 1. The van der Waals surface area contributed by atoms with Crippen molar-refractivity contribution < 1.29 is 23.1 Å². The summed E-state index contributed by atoms with van der Waals surface area (Å²) in [6.07, 6.45) is 0. The minimum Gasteiger partial charge on any atom is -0.492 e. The van der Waals surface area contributed by atoms with Crippen molar-refractivity contribution in [2.75, 3.05) is 54.7 Å². The van der Waals surface area contributed by atoms with Crippen LogP contribution in [-0.2, 0) is 10.0 Å². The number of halogens is 1. The molecule has 2 N–H and O–H groups in total. The van der Waals surface area contributed by atoms with Gasteiger partial charge in [-0.3, -0.25) is 9.62 Å². The molecule has 0 aliphatic carbocycles. The number of aromatic carboxylic acids is 1. The molecule has 0 unspecified atom stereocenters. The number of carboxylic acids is 1. The Labute approximate surface area is 187 Å². The van der Waals surface area contributed by atoms with Crippen molar-refractivity contribution in [2.45, 2.75) is 6.92 Å². The van der Waals surface area contributed by atoms with Gasteiger partial charge in [-0.15, -0.1) is 0 Å². The molecule has 0 atom stereocenters. The van der Waals surface area contributed by atoms with Gasteiger partial charge >= 0.3 is 5.97 Å². The van der Waals surface area contributed by atoms with Gasteiger partial charge in [0.15, 0.2) is 0 Å². The van der Waals surface area contributed by atoms with Crippen LogP contribution in [0.1, 0.15) is 17.3 Å². The zero-order chi connectivity index (χ0) is 22.4. The van der Waals surface area contributed by atoms with Crippen molar-refractivity contribution in [3.05, 3.63) is 53.1 Å². The van der Waals surface area contributed by atoms with Gasteiger partial charge in [-0.2, -0.15) is 0 Å². The smallest absolute Gasteiger partial charge is 0.337 e. The van der Waals surface area contributed by atoms with E-state index in [2.05, 4.69) is 9.62 Å². The van der Waals surface area contributed by atoms with Crippen molar-refractivity contribution >= 4 is 39.0 Å². The third kappa shape index (κ3) is 6.49. The van der Waals surface area contributed by atoms with Crippen LogP contribution >= 0.6 is 11.6 Å². The lowest BCUT2D eigenvalue weighted by atomic mass is 10.1. The fourth-order valence-corrected chi connectivity index (χ4v) is 4.09.